The lowest BCUT2D eigenvalue weighted by atomic mass is 9.77. The second-order valence-corrected chi connectivity index (χ2v) is 29.6. The predicted molar refractivity (Wildman–Crippen MR) is 416 cm³/mol. The molecule has 6 aliphatic rings. The summed E-state index contributed by atoms with van der Waals surface area (Å²) in [5.41, 5.74) is 20.7. The topological polar surface area (TPSA) is 377 Å². The van der Waals surface area contributed by atoms with Gasteiger partial charge in [-0.05, 0) is 133 Å². The van der Waals surface area contributed by atoms with E-state index >= 15 is 17.6 Å². The smallest absolute Gasteiger partial charge is 0.231 e. The Balaban J connectivity index is 0.000000166. The molecule has 3 saturated carbocycles. The fraction of sp³-hybridized carbons (Fsp3) is 0.474. The van der Waals surface area contributed by atoms with Gasteiger partial charge in [-0.1, -0.05) is 68.0 Å². The quantitative estimate of drug-likeness (QED) is 0.0205. The maximum absolute atomic E-state index is 15.8. The van der Waals surface area contributed by atoms with Gasteiger partial charge in [-0.25, -0.2) is 43.4 Å². The maximum Gasteiger partial charge on any atom is 0.231 e. The minimum atomic E-state index is -0.680. The van der Waals surface area contributed by atoms with Gasteiger partial charge in [0.2, 0.25) is 41.6 Å². The zero-order valence-corrected chi connectivity index (χ0v) is 61.9. The number of carbonyl (C=O) groups excluding carboxylic acids is 3. The first-order valence-corrected chi connectivity index (χ1v) is 37.4. The number of anilines is 6. The number of β-amino-alcohol motifs (C(OH)–C–C–N with tert-alkyl or cyclic N) is 2. The van der Waals surface area contributed by atoms with Crippen LogP contribution in [0.15, 0.2) is 121 Å². The molecule has 9 aromatic rings. The number of aliphatic hydroxyl groups is 2. The van der Waals surface area contributed by atoms with E-state index in [9.17, 15) is 29.0 Å². The van der Waals surface area contributed by atoms with E-state index in [1.807, 2.05) is 33.9 Å². The molecule has 0 radical (unpaired) electrons. The van der Waals surface area contributed by atoms with Crippen molar-refractivity contribution < 1.29 is 51.1 Å². The van der Waals surface area contributed by atoms with Gasteiger partial charge in [0.25, 0.3) is 0 Å². The molecule has 6 fully saturated rings. The zero-order chi connectivity index (χ0) is 77.9. The molecule has 9 heterocycles. The normalized spacial score (nSPS) is 18.9. The molecule has 0 bridgehead atoms. The number of aromatic nitrogens is 12. The van der Waals surface area contributed by atoms with Crippen molar-refractivity contribution in [2.24, 2.45) is 36.1 Å². The SMILES string of the molecule is C.C.Cc1ccc(CN(c2ncnc(NCC3(c4ncon4)CCN(CC(N)=O)CC3)c2F)C2CC2)cc1.Cn1cc(-c2ccc(CN(c3ncnc(NC[C@H]4CCN(CC(N)=O)C[C@@H]4O)c3F)C3CC3)c(F)c2)cn1.NC(=O)CN1CC[C@H](CNc2ncnc(N(Cc3ccc(-n4cccn4)cc3F)C3CC3)c2F)[C@@H](O)C1. The lowest BCUT2D eigenvalue weighted by Gasteiger charge is -2.39. The number of nitrogens with two attached hydrogens (primary N) is 3. The van der Waals surface area contributed by atoms with E-state index in [0.717, 1.165) is 55.2 Å². The van der Waals surface area contributed by atoms with Crippen molar-refractivity contribution in [2.75, 3.05) is 109 Å². The third kappa shape index (κ3) is 21.5. The van der Waals surface area contributed by atoms with Crippen LogP contribution in [0.4, 0.5) is 56.9 Å². The highest BCUT2D eigenvalue weighted by atomic mass is 19.1. The molecule has 30 nitrogen and oxygen atoms in total. The van der Waals surface area contributed by atoms with Crippen molar-refractivity contribution in [3.05, 3.63) is 174 Å². The highest BCUT2D eigenvalue weighted by Gasteiger charge is 2.42. The van der Waals surface area contributed by atoms with Gasteiger partial charge in [0, 0.05) is 125 Å². The molecule has 4 atom stereocenters. The molecule has 3 aliphatic carbocycles. The number of likely N-dealkylation sites (tertiary alicyclic amines) is 3. The van der Waals surface area contributed by atoms with Gasteiger partial charge in [0.1, 0.15) is 30.6 Å². The van der Waals surface area contributed by atoms with E-state index in [2.05, 4.69) is 90.5 Å². The van der Waals surface area contributed by atoms with Crippen molar-refractivity contribution in [2.45, 2.75) is 141 Å². The number of carbonyl (C=O) groups is 3. The molecule has 15 rings (SSSR count). The van der Waals surface area contributed by atoms with Crippen LogP contribution in [0.1, 0.15) is 107 Å². The van der Waals surface area contributed by atoms with Crippen LogP contribution >= 0.6 is 0 Å². The van der Waals surface area contributed by atoms with Crippen molar-refractivity contribution in [1.82, 2.24) is 74.3 Å². The average Bonchev–Trinajstić information content (AvgIpc) is 1.73. The number of primary amides is 3. The number of hydrogen-bond acceptors (Lipinski definition) is 25. The summed E-state index contributed by atoms with van der Waals surface area (Å²) in [6.07, 6.45) is 18.9. The summed E-state index contributed by atoms with van der Waals surface area (Å²) in [6.45, 7) is 7.54. The summed E-state index contributed by atoms with van der Waals surface area (Å²) in [7, 11) is 1.80. The summed E-state index contributed by atoms with van der Waals surface area (Å²) < 4.78 is 85.3. The van der Waals surface area contributed by atoms with E-state index < -0.39 is 52.7 Å². The van der Waals surface area contributed by atoms with Gasteiger partial charge in [0.05, 0.1) is 49.1 Å². The Hall–Kier alpha value is -10.9. The van der Waals surface area contributed by atoms with Gasteiger partial charge in [-0.2, -0.15) is 28.4 Å². The fourth-order valence-electron chi connectivity index (χ4n) is 14.5. The lowest BCUT2D eigenvalue weighted by Crippen LogP contribution is -2.49. The molecule has 3 saturated heterocycles. The fourth-order valence-corrected chi connectivity index (χ4v) is 14.5. The summed E-state index contributed by atoms with van der Waals surface area (Å²) in [4.78, 5) is 74.3. The Morgan fingerprint density at radius 2 is 1.06 bits per heavy atom. The van der Waals surface area contributed by atoms with Crippen molar-refractivity contribution in [3.63, 3.8) is 0 Å². The predicted octanol–water partition coefficient (Wildman–Crippen LogP) is 7.27. The molecule has 113 heavy (non-hydrogen) atoms. The molecule has 3 amide bonds. The van der Waals surface area contributed by atoms with E-state index in [4.69, 9.17) is 21.7 Å². The zero-order valence-electron chi connectivity index (χ0n) is 61.9. The second kappa shape index (κ2) is 37.6. The van der Waals surface area contributed by atoms with Crippen LogP contribution < -0.4 is 47.9 Å². The lowest BCUT2D eigenvalue weighted by molar-refractivity contribution is -0.121. The molecular weight excluding hydrogens is 1460 g/mol. The highest BCUT2D eigenvalue weighted by Crippen LogP contribution is 2.40. The number of nitrogens with one attached hydrogen (secondary N) is 3. The molecule has 35 heteroatoms. The molecule has 0 unspecified atom stereocenters. The van der Waals surface area contributed by atoms with Gasteiger partial charge in [-0.15, -0.1) is 0 Å². The Morgan fingerprint density at radius 3 is 1.50 bits per heavy atom. The number of rotatable bonds is 30. The number of nitrogens with zero attached hydrogens (tertiary/aromatic N) is 18. The Labute approximate surface area is 652 Å². The molecule has 3 aromatic carbocycles. The summed E-state index contributed by atoms with van der Waals surface area (Å²) in [6, 6.07) is 20.3. The van der Waals surface area contributed by atoms with E-state index in [0.29, 0.717) is 120 Å². The first-order valence-electron chi connectivity index (χ1n) is 37.4. The van der Waals surface area contributed by atoms with Crippen LogP contribution in [0.2, 0.25) is 0 Å². The van der Waals surface area contributed by atoms with Crippen LogP contribution in [-0.2, 0) is 46.5 Å². The highest BCUT2D eigenvalue weighted by molar-refractivity contribution is 5.76. The number of hydrogen-bond donors (Lipinski definition) is 8. The number of piperidine rings is 3. The summed E-state index contributed by atoms with van der Waals surface area (Å²) >= 11 is 0. The minimum absolute atomic E-state index is 0. The van der Waals surface area contributed by atoms with E-state index in [1.165, 1.54) is 43.1 Å². The van der Waals surface area contributed by atoms with Gasteiger partial charge < -0.3 is 62.6 Å². The Morgan fingerprint density at radius 1 is 0.575 bits per heavy atom. The third-order valence-corrected chi connectivity index (χ3v) is 21.2. The largest absolute Gasteiger partial charge is 0.391 e. The van der Waals surface area contributed by atoms with Crippen molar-refractivity contribution >= 4 is 52.6 Å². The van der Waals surface area contributed by atoms with E-state index in [-0.39, 0.29) is 118 Å². The molecule has 604 valence electrons. The van der Waals surface area contributed by atoms with Crippen molar-refractivity contribution in [3.8, 4) is 16.8 Å². The first-order chi connectivity index (χ1) is 53.6. The van der Waals surface area contributed by atoms with Gasteiger partial charge >= 0.3 is 0 Å². The standard InChI is InChI=1S/C26H32F2N8O2.C25H30F2N8O2.C25H31FN8O2.2CH4/c1-34-11-19(10-33-34)16-2-3-18(21(27)8-16)12-36(20-4-5-20)26-24(28)25(31-15-32-26)30-9-17-6-7-35(13-22(17)37)14-23(29)38;26-20-10-19(35-8-1-7-32-35)3-2-17(20)12-34(18-4-5-18)25-23(27)24(30-15-31-25)29-11-16-6-9-33(13-21(16)36)14-22(28)37;1-17-2-4-18(5-3-17)12-34(19-6-7-19)23-21(26)22(29-15-30-23)28-14-25(24-31-16-36-32-24)8-10-33(11-9-25)13-20(27)35;;/h2-3,8,10-11,15,17,20,22,37H,4-7,9,12-14H2,1H3,(H2,29,38)(H,30,31,32);1-3,7-8,10,15-16,18,21,36H,4-6,9,11-14H2,(H2,28,37)(H,29,30,31);2-5,15-16,19H,6-14H2,1H3,(H2,27,35)(H,28,29,30);2*1H4/t17-,22+;16-,21+;;;/m11.../s1. The van der Waals surface area contributed by atoms with Crippen molar-refractivity contribution in [1.29, 1.82) is 0 Å². The van der Waals surface area contributed by atoms with Crippen LogP contribution in [0, 0.1) is 47.8 Å². The van der Waals surface area contributed by atoms with Crippen LogP contribution in [0.3, 0.4) is 0 Å². The summed E-state index contributed by atoms with van der Waals surface area (Å²) in [5.74, 6) is -2.62. The third-order valence-electron chi connectivity index (χ3n) is 21.2. The van der Waals surface area contributed by atoms with E-state index in [1.54, 1.807) is 74.0 Å². The number of aliphatic hydroxyl groups excluding tert-OH is 2. The molecule has 3 aliphatic heterocycles. The number of amides is 3. The Bertz CT molecular complexity index is 4620. The molecule has 11 N–H and O–H groups in total. The Kier molecular flexibility index (Phi) is 27.7. The number of benzene rings is 3. The maximum atomic E-state index is 15.8. The van der Waals surface area contributed by atoms with Crippen LogP contribution in [-0.4, -0.2) is 211 Å². The average molecular weight is 1570 g/mol. The monoisotopic (exact) mass is 1560 g/mol. The number of halogens is 5. The van der Waals surface area contributed by atoms with Crippen LogP contribution in [0.5, 0.6) is 0 Å². The molecule has 6 aromatic heterocycles. The summed E-state index contributed by atoms with van der Waals surface area (Å²) in [5, 5.41) is 42.6. The molecule has 0 spiro atoms. The molecular formula is C78H101F5N24O6. The van der Waals surface area contributed by atoms with Gasteiger partial charge in [0.15, 0.2) is 40.7 Å². The van der Waals surface area contributed by atoms with Crippen LogP contribution in [0.25, 0.3) is 16.8 Å². The number of aryl methyl sites for hydroxylation is 2. The second-order valence-electron chi connectivity index (χ2n) is 29.6. The minimum Gasteiger partial charge on any atom is -0.391 e. The first kappa shape index (κ1) is 83.1. The van der Waals surface area contributed by atoms with Gasteiger partial charge in [-0.3, -0.25) is 33.8 Å².